The summed E-state index contributed by atoms with van der Waals surface area (Å²) in [5.41, 5.74) is 0.833. The number of methoxy groups -OCH3 is 2. The predicted octanol–water partition coefficient (Wildman–Crippen LogP) is 2.20. The number of benzene rings is 1. The highest BCUT2D eigenvalue weighted by atomic mass is 35.7. The van der Waals surface area contributed by atoms with Gasteiger partial charge in [-0.2, -0.15) is 0 Å². The summed E-state index contributed by atoms with van der Waals surface area (Å²) in [7, 11) is 4.82. The Balaban J connectivity index is 2.94. The molecule has 0 saturated carbocycles. The van der Waals surface area contributed by atoms with Crippen molar-refractivity contribution in [2.75, 3.05) is 14.2 Å². The first-order chi connectivity index (χ1) is 7.88. The van der Waals surface area contributed by atoms with E-state index in [1.54, 1.807) is 32.2 Å². The average molecular weight is 279 g/mol. The molecule has 96 valence electrons. The molecule has 1 aromatic carbocycles. The summed E-state index contributed by atoms with van der Waals surface area (Å²) in [5.74, 6) is 1.18. The monoisotopic (exact) mass is 278 g/mol. The minimum absolute atomic E-state index is 0.339. The molecule has 0 aliphatic heterocycles. The van der Waals surface area contributed by atoms with E-state index in [0.29, 0.717) is 17.9 Å². The molecule has 0 aliphatic rings. The number of hydrogen-bond donors (Lipinski definition) is 0. The minimum atomic E-state index is -3.54. The summed E-state index contributed by atoms with van der Waals surface area (Å²) in [6.45, 7) is 1.57. The predicted molar refractivity (Wildman–Crippen MR) is 67.5 cm³/mol. The lowest BCUT2D eigenvalue weighted by Crippen LogP contribution is -2.14. The van der Waals surface area contributed by atoms with E-state index in [1.807, 2.05) is 0 Å². The van der Waals surface area contributed by atoms with Crippen molar-refractivity contribution in [2.24, 2.45) is 0 Å². The summed E-state index contributed by atoms with van der Waals surface area (Å²) in [4.78, 5) is 0. The fourth-order valence-electron chi connectivity index (χ4n) is 1.44. The maximum absolute atomic E-state index is 11.1. The van der Waals surface area contributed by atoms with Gasteiger partial charge in [0.05, 0.1) is 19.5 Å². The van der Waals surface area contributed by atoms with Gasteiger partial charge in [-0.25, -0.2) is 8.42 Å². The largest absolute Gasteiger partial charge is 0.493 e. The van der Waals surface area contributed by atoms with Crippen molar-refractivity contribution < 1.29 is 17.9 Å². The van der Waals surface area contributed by atoms with E-state index in [0.717, 1.165) is 5.56 Å². The molecule has 0 aromatic heterocycles. The number of rotatable bonds is 5. The molecule has 0 fully saturated rings. The number of hydrogen-bond acceptors (Lipinski definition) is 4. The lowest BCUT2D eigenvalue weighted by molar-refractivity contribution is 0.354. The fraction of sp³-hybridized carbons (Fsp3) is 0.455. The zero-order chi connectivity index (χ0) is 13.1. The molecule has 0 amide bonds. The van der Waals surface area contributed by atoms with Crippen LogP contribution in [0.2, 0.25) is 0 Å². The Bertz CT molecular complexity index is 484. The Morgan fingerprint density at radius 2 is 1.82 bits per heavy atom. The van der Waals surface area contributed by atoms with Crippen molar-refractivity contribution >= 4 is 19.7 Å². The van der Waals surface area contributed by atoms with Gasteiger partial charge in [0, 0.05) is 10.7 Å². The van der Waals surface area contributed by atoms with E-state index in [1.165, 1.54) is 7.11 Å². The van der Waals surface area contributed by atoms with Crippen molar-refractivity contribution in [1.82, 2.24) is 0 Å². The lowest BCUT2D eigenvalue weighted by atomic mass is 10.1. The molecular formula is C11H15ClO4S. The van der Waals surface area contributed by atoms with Crippen LogP contribution in [0.5, 0.6) is 11.5 Å². The van der Waals surface area contributed by atoms with Crippen LogP contribution in [0.25, 0.3) is 0 Å². The van der Waals surface area contributed by atoms with Gasteiger partial charge in [-0.05, 0) is 31.0 Å². The van der Waals surface area contributed by atoms with Crippen molar-refractivity contribution in [3.05, 3.63) is 23.8 Å². The van der Waals surface area contributed by atoms with Crippen LogP contribution < -0.4 is 9.47 Å². The maximum Gasteiger partial charge on any atom is 0.235 e. The first-order valence-corrected chi connectivity index (χ1v) is 7.40. The molecule has 0 saturated heterocycles. The van der Waals surface area contributed by atoms with Gasteiger partial charge in [0.15, 0.2) is 11.5 Å². The molecule has 0 spiro atoms. The molecule has 1 aromatic rings. The Kier molecular flexibility index (Phi) is 4.65. The maximum atomic E-state index is 11.1. The topological polar surface area (TPSA) is 52.6 Å². The molecule has 0 radical (unpaired) electrons. The highest BCUT2D eigenvalue weighted by Gasteiger charge is 2.18. The van der Waals surface area contributed by atoms with Crippen LogP contribution in [0.15, 0.2) is 18.2 Å². The highest BCUT2D eigenvalue weighted by molar-refractivity contribution is 8.14. The standard InChI is InChI=1S/C11H15ClO4S/c1-8(17(12,13)14)6-9-4-5-10(15-2)11(7-9)16-3/h4-5,7-8H,6H2,1-3H3. The molecule has 0 heterocycles. The summed E-state index contributed by atoms with van der Waals surface area (Å²) < 4.78 is 32.5. The van der Waals surface area contributed by atoms with Gasteiger partial charge in [-0.15, -0.1) is 0 Å². The number of ether oxygens (including phenoxy) is 2. The van der Waals surface area contributed by atoms with Crippen LogP contribution in [0.3, 0.4) is 0 Å². The average Bonchev–Trinajstić information content (AvgIpc) is 2.27. The third-order valence-electron chi connectivity index (χ3n) is 2.45. The number of halogens is 1. The second-order valence-electron chi connectivity index (χ2n) is 3.68. The summed E-state index contributed by atoms with van der Waals surface area (Å²) in [6.07, 6.45) is 0.339. The smallest absolute Gasteiger partial charge is 0.235 e. The zero-order valence-electron chi connectivity index (χ0n) is 9.94. The van der Waals surface area contributed by atoms with E-state index < -0.39 is 14.3 Å². The van der Waals surface area contributed by atoms with Gasteiger partial charge in [0.2, 0.25) is 9.05 Å². The van der Waals surface area contributed by atoms with Crippen molar-refractivity contribution in [3.63, 3.8) is 0 Å². The summed E-state index contributed by atoms with van der Waals surface area (Å²) in [6, 6.07) is 5.28. The first-order valence-electron chi connectivity index (χ1n) is 5.03. The first kappa shape index (κ1) is 14.1. The van der Waals surface area contributed by atoms with Crippen molar-refractivity contribution in [1.29, 1.82) is 0 Å². The Hall–Kier alpha value is -0.940. The van der Waals surface area contributed by atoms with E-state index in [4.69, 9.17) is 20.2 Å². The van der Waals surface area contributed by atoms with Crippen molar-refractivity contribution in [3.8, 4) is 11.5 Å². The minimum Gasteiger partial charge on any atom is -0.493 e. The van der Waals surface area contributed by atoms with Crippen LogP contribution in [0, 0.1) is 0 Å². The Morgan fingerprint density at radius 3 is 2.29 bits per heavy atom. The van der Waals surface area contributed by atoms with Crippen LogP contribution in [-0.2, 0) is 15.5 Å². The Labute approximate surface area is 106 Å². The van der Waals surface area contributed by atoms with Crippen LogP contribution in [-0.4, -0.2) is 27.9 Å². The van der Waals surface area contributed by atoms with Gasteiger partial charge in [0.1, 0.15) is 0 Å². The van der Waals surface area contributed by atoms with E-state index in [2.05, 4.69) is 0 Å². The van der Waals surface area contributed by atoms with Crippen molar-refractivity contribution in [2.45, 2.75) is 18.6 Å². The molecule has 1 atom stereocenters. The molecular weight excluding hydrogens is 264 g/mol. The van der Waals surface area contributed by atoms with Gasteiger partial charge in [-0.3, -0.25) is 0 Å². The normalized spacial score (nSPS) is 13.2. The van der Waals surface area contributed by atoms with Gasteiger partial charge in [-0.1, -0.05) is 6.07 Å². The zero-order valence-corrected chi connectivity index (χ0v) is 11.5. The van der Waals surface area contributed by atoms with E-state index in [9.17, 15) is 8.42 Å². The third-order valence-corrected chi connectivity index (χ3v) is 4.49. The lowest BCUT2D eigenvalue weighted by Gasteiger charge is -2.11. The second kappa shape index (κ2) is 5.60. The molecule has 4 nitrogen and oxygen atoms in total. The molecule has 0 bridgehead atoms. The Morgan fingerprint density at radius 1 is 1.24 bits per heavy atom. The van der Waals surface area contributed by atoms with Crippen LogP contribution in [0.4, 0.5) is 0 Å². The van der Waals surface area contributed by atoms with Crippen LogP contribution in [0.1, 0.15) is 12.5 Å². The fourth-order valence-corrected chi connectivity index (χ4v) is 2.02. The molecule has 0 aliphatic carbocycles. The van der Waals surface area contributed by atoms with Gasteiger partial charge < -0.3 is 9.47 Å². The quantitative estimate of drug-likeness (QED) is 0.775. The van der Waals surface area contributed by atoms with Crippen LogP contribution >= 0.6 is 10.7 Å². The molecule has 1 rings (SSSR count). The second-order valence-corrected chi connectivity index (χ2v) is 6.73. The van der Waals surface area contributed by atoms with Gasteiger partial charge >= 0.3 is 0 Å². The van der Waals surface area contributed by atoms with Gasteiger partial charge in [0.25, 0.3) is 0 Å². The SMILES string of the molecule is COc1ccc(CC(C)S(=O)(=O)Cl)cc1OC. The summed E-state index contributed by atoms with van der Waals surface area (Å²) in [5, 5.41) is -0.637. The molecule has 1 unspecified atom stereocenters. The molecule has 6 heteroatoms. The molecule has 0 N–H and O–H groups in total. The highest BCUT2D eigenvalue weighted by Crippen LogP contribution is 2.28. The molecule has 17 heavy (non-hydrogen) atoms. The third kappa shape index (κ3) is 3.78. The van der Waals surface area contributed by atoms with E-state index in [-0.39, 0.29) is 0 Å². The summed E-state index contributed by atoms with van der Waals surface area (Å²) >= 11 is 0. The van der Waals surface area contributed by atoms with E-state index >= 15 is 0 Å².